The predicted octanol–water partition coefficient (Wildman–Crippen LogP) is 2.84. The van der Waals surface area contributed by atoms with E-state index in [2.05, 4.69) is 43.0 Å². The summed E-state index contributed by atoms with van der Waals surface area (Å²) >= 11 is 1.63. The Morgan fingerprint density at radius 1 is 1.35 bits per heavy atom. The number of hydrogen-bond donors (Lipinski definition) is 2. The highest BCUT2D eigenvalue weighted by Gasteiger charge is 2.13. The van der Waals surface area contributed by atoms with Crippen molar-refractivity contribution >= 4 is 11.8 Å². The summed E-state index contributed by atoms with van der Waals surface area (Å²) in [4.78, 5) is 19.0. The van der Waals surface area contributed by atoms with Gasteiger partial charge in [-0.15, -0.1) is 0 Å². The predicted molar refractivity (Wildman–Crippen MR) is 86.5 cm³/mol. The van der Waals surface area contributed by atoms with Crippen LogP contribution in [-0.4, -0.2) is 28.3 Å². The second kappa shape index (κ2) is 9.19. The minimum atomic E-state index is -0.0476. The largest absolute Gasteiger partial charge is 0.313 e. The van der Waals surface area contributed by atoms with Gasteiger partial charge in [0.2, 0.25) is 0 Å². The monoisotopic (exact) mass is 297 g/mol. The van der Waals surface area contributed by atoms with Gasteiger partial charge >= 0.3 is 0 Å². The molecule has 0 aliphatic carbocycles. The van der Waals surface area contributed by atoms with Gasteiger partial charge in [0.1, 0.15) is 0 Å². The molecule has 0 saturated heterocycles. The molecule has 0 bridgehead atoms. The summed E-state index contributed by atoms with van der Waals surface area (Å²) in [5, 5.41) is 4.29. The Hall–Kier alpha value is -0.810. The Bertz CT molecular complexity index is 445. The topological polar surface area (TPSA) is 57.8 Å². The van der Waals surface area contributed by atoms with Gasteiger partial charge in [0, 0.05) is 23.6 Å². The van der Waals surface area contributed by atoms with Crippen molar-refractivity contribution in [1.29, 1.82) is 0 Å². The fourth-order valence-corrected chi connectivity index (χ4v) is 3.12. The highest BCUT2D eigenvalue weighted by molar-refractivity contribution is 7.99. The molecule has 0 saturated carbocycles. The second-order valence-electron chi connectivity index (χ2n) is 5.41. The van der Waals surface area contributed by atoms with Crippen molar-refractivity contribution in [3.63, 3.8) is 0 Å². The number of nitrogens with zero attached hydrogens (tertiary/aromatic N) is 1. The van der Waals surface area contributed by atoms with E-state index in [9.17, 15) is 4.79 Å². The number of aromatic amines is 1. The third kappa shape index (κ3) is 6.09. The summed E-state index contributed by atoms with van der Waals surface area (Å²) in [6.07, 6.45) is 3.00. The van der Waals surface area contributed by atoms with Crippen LogP contribution < -0.4 is 10.9 Å². The Morgan fingerprint density at radius 2 is 2.10 bits per heavy atom. The smallest absolute Gasteiger partial charge is 0.251 e. The van der Waals surface area contributed by atoms with E-state index in [1.807, 2.05) is 0 Å². The third-order valence-corrected chi connectivity index (χ3v) is 4.13. The fraction of sp³-hybridized carbons (Fsp3) is 0.733. The number of H-pyrrole nitrogens is 1. The van der Waals surface area contributed by atoms with E-state index in [-0.39, 0.29) is 5.56 Å². The first kappa shape index (κ1) is 17.2. The lowest BCUT2D eigenvalue weighted by molar-refractivity contribution is 0.433. The molecule has 0 spiro atoms. The molecule has 0 amide bonds. The Balaban J connectivity index is 2.64. The van der Waals surface area contributed by atoms with E-state index in [1.54, 1.807) is 17.8 Å². The Kier molecular flexibility index (Phi) is 7.92. The first-order chi connectivity index (χ1) is 9.56. The summed E-state index contributed by atoms with van der Waals surface area (Å²) in [5.41, 5.74) is 0.843. The van der Waals surface area contributed by atoms with Crippen LogP contribution in [0.5, 0.6) is 0 Å². The van der Waals surface area contributed by atoms with Crippen molar-refractivity contribution in [2.75, 3.05) is 12.3 Å². The van der Waals surface area contributed by atoms with Gasteiger partial charge in [-0.2, -0.15) is 0 Å². The quantitative estimate of drug-likeness (QED) is 0.543. The molecule has 1 rings (SSSR count). The first-order valence-corrected chi connectivity index (χ1v) is 8.51. The number of aryl methyl sites for hydroxylation is 1. The summed E-state index contributed by atoms with van der Waals surface area (Å²) < 4.78 is 0. The zero-order valence-corrected chi connectivity index (χ0v) is 13.8. The summed E-state index contributed by atoms with van der Waals surface area (Å²) in [6, 6.07) is 2.04. The van der Waals surface area contributed by atoms with Crippen LogP contribution in [0.1, 0.15) is 46.2 Å². The average molecular weight is 297 g/mol. The normalized spacial score (nSPS) is 12.8. The lowest BCUT2D eigenvalue weighted by Crippen LogP contribution is -2.36. The van der Waals surface area contributed by atoms with E-state index in [0.29, 0.717) is 12.0 Å². The molecule has 0 aliphatic rings. The van der Waals surface area contributed by atoms with Crippen molar-refractivity contribution in [1.82, 2.24) is 15.3 Å². The number of thioether (sulfide) groups is 1. The molecule has 2 N–H and O–H groups in total. The van der Waals surface area contributed by atoms with Crippen LogP contribution in [0.15, 0.2) is 16.0 Å². The highest BCUT2D eigenvalue weighted by atomic mass is 32.2. The molecule has 4 nitrogen and oxygen atoms in total. The molecular formula is C15H27N3OS. The standard InChI is InChI=1S/C15H27N3OS/c1-5-7-12-9-14(19)18-15(17-12)20-10-13(11(3)4)16-8-6-2/h9,11,13,16H,5-8,10H2,1-4H3,(H,17,18,19). The van der Waals surface area contributed by atoms with Gasteiger partial charge in [-0.1, -0.05) is 45.9 Å². The molecule has 5 heteroatoms. The van der Waals surface area contributed by atoms with Crippen LogP contribution in [0, 0.1) is 5.92 Å². The van der Waals surface area contributed by atoms with Crippen LogP contribution in [0.3, 0.4) is 0 Å². The third-order valence-electron chi connectivity index (χ3n) is 3.14. The average Bonchev–Trinajstić information content (AvgIpc) is 2.38. The van der Waals surface area contributed by atoms with Gasteiger partial charge in [-0.3, -0.25) is 4.79 Å². The Morgan fingerprint density at radius 3 is 2.70 bits per heavy atom. The summed E-state index contributed by atoms with van der Waals surface area (Å²) in [5.74, 6) is 1.50. The van der Waals surface area contributed by atoms with E-state index in [1.165, 1.54) is 0 Å². The molecule has 1 atom stereocenters. The van der Waals surface area contributed by atoms with E-state index >= 15 is 0 Å². The van der Waals surface area contributed by atoms with E-state index in [4.69, 9.17) is 0 Å². The maximum atomic E-state index is 11.6. The molecule has 1 aromatic heterocycles. The zero-order chi connectivity index (χ0) is 15.0. The van der Waals surface area contributed by atoms with Crippen LogP contribution >= 0.6 is 11.8 Å². The fourth-order valence-electron chi connectivity index (χ4n) is 1.92. The van der Waals surface area contributed by atoms with E-state index < -0.39 is 0 Å². The maximum absolute atomic E-state index is 11.6. The minimum Gasteiger partial charge on any atom is -0.313 e. The van der Waals surface area contributed by atoms with Crippen LogP contribution in [-0.2, 0) is 6.42 Å². The molecular weight excluding hydrogens is 270 g/mol. The molecule has 114 valence electrons. The van der Waals surface area contributed by atoms with E-state index in [0.717, 1.165) is 42.4 Å². The molecule has 0 radical (unpaired) electrons. The number of hydrogen-bond acceptors (Lipinski definition) is 4. The SMILES string of the molecule is CCCNC(CSc1nc(CCC)cc(=O)[nH]1)C(C)C. The zero-order valence-electron chi connectivity index (χ0n) is 13.0. The number of nitrogens with one attached hydrogen (secondary N) is 2. The van der Waals surface area contributed by atoms with Crippen molar-refractivity contribution in [3.05, 3.63) is 22.1 Å². The van der Waals surface area contributed by atoms with Crippen molar-refractivity contribution in [2.24, 2.45) is 5.92 Å². The maximum Gasteiger partial charge on any atom is 0.251 e. The molecule has 0 aliphatic heterocycles. The van der Waals surface area contributed by atoms with Crippen LogP contribution in [0.4, 0.5) is 0 Å². The van der Waals surface area contributed by atoms with Gasteiger partial charge < -0.3 is 10.3 Å². The lowest BCUT2D eigenvalue weighted by Gasteiger charge is -2.21. The first-order valence-electron chi connectivity index (χ1n) is 7.53. The molecule has 0 fully saturated rings. The second-order valence-corrected chi connectivity index (χ2v) is 6.42. The number of aromatic nitrogens is 2. The molecule has 1 unspecified atom stereocenters. The molecule has 0 aromatic carbocycles. The van der Waals surface area contributed by atoms with Crippen LogP contribution in [0.25, 0.3) is 0 Å². The van der Waals surface area contributed by atoms with Crippen molar-refractivity contribution < 1.29 is 0 Å². The van der Waals surface area contributed by atoms with Gasteiger partial charge in [-0.05, 0) is 25.3 Å². The summed E-state index contributed by atoms with van der Waals surface area (Å²) in [6.45, 7) is 9.74. The van der Waals surface area contributed by atoms with Gasteiger partial charge in [0.25, 0.3) is 5.56 Å². The summed E-state index contributed by atoms with van der Waals surface area (Å²) in [7, 11) is 0. The minimum absolute atomic E-state index is 0.0476. The van der Waals surface area contributed by atoms with Gasteiger partial charge in [0.05, 0.1) is 0 Å². The molecule has 20 heavy (non-hydrogen) atoms. The van der Waals surface area contributed by atoms with Crippen molar-refractivity contribution in [2.45, 2.75) is 58.2 Å². The Labute approximate surface area is 126 Å². The van der Waals surface area contributed by atoms with Gasteiger partial charge in [0.15, 0.2) is 5.16 Å². The van der Waals surface area contributed by atoms with Crippen LogP contribution in [0.2, 0.25) is 0 Å². The molecule has 1 aromatic rings. The lowest BCUT2D eigenvalue weighted by atomic mass is 10.1. The number of rotatable bonds is 9. The molecule has 1 heterocycles. The van der Waals surface area contributed by atoms with Gasteiger partial charge in [-0.25, -0.2) is 4.98 Å². The highest BCUT2D eigenvalue weighted by Crippen LogP contribution is 2.16. The van der Waals surface area contributed by atoms with Crippen molar-refractivity contribution in [3.8, 4) is 0 Å².